The van der Waals surface area contributed by atoms with E-state index in [-0.39, 0.29) is 18.1 Å². The third-order valence-corrected chi connectivity index (χ3v) is 3.47. The second kappa shape index (κ2) is 5.55. The van der Waals surface area contributed by atoms with Crippen LogP contribution in [-0.2, 0) is 12.0 Å². The molecule has 0 atom stereocenters. The lowest BCUT2D eigenvalue weighted by Crippen LogP contribution is -2.22. The van der Waals surface area contributed by atoms with E-state index < -0.39 is 11.4 Å². The molecule has 0 aliphatic carbocycles. The van der Waals surface area contributed by atoms with Crippen molar-refractivity contribution < 1.29 is 14.3 Å². The molecule has 0 bridgehead atoms. The van der Waals surface area contributed by atoms with Gasteiger partial charge in [0.15, 0.2) is 5.69 Å². The van der Waals surface area contributed by atoms with Gasteiger partial charge in [-0.3, -0.25) is 0 Å². The molecule has 0 amide bonds. The van der Waals surface area contributed by atoms with Gasteiger partial charge in [0, 0.05) is 15.5 Å². The standard InChI is InChI=1S/C14H15BrFN3O2/c1-14(2,3)12-11(13(20)21)17-18-19(12)7-8-6-9(15)4-5-10(8)16/h4-6H,7H2,1-3H3,(H,20,21). The van der Waals surface area contributed by atoms with Crippen molar-refractivity contribution in [3.8, 4) is 0 Å². The largest absolute Gasteiger partial charge is 0.476 e. The van der Waals surface area contributed by atoms with E-state index in [2.05, 4.69) is 26.2 Å². The van der Waals surface area contributed by atoms with E-state index in [4.69, 9.17) is 0 Å². The van der Waals surface area contributed by atoms with Crippen LogP contribution in [0.15, 0.2) is 22.7 Å². The van der Waals surface area contributed by atoms with Crippen LogP contribution >= 0.6 is 15.9 Å². The number of halogens is 2. The number of carboxylic acid groups (broad SMARTS) is 1. The summed E-state index contributed by atoms with van der Waals surface area (Å²) in [7, 11) is 0. The van der Waals surface area contributed by atoms with Crippen molar-refractivity contribution in [1.29, 1.82) is 0 Å². The highest BCUT2D eigenvalue weighted by atomic mass is 79.9. The Morgan fingerprint density at radius 3 is 2.67 bits per heavy atom. The Bertz CT molecular complexity index is 692. The molecule has 2 aromatic rings. The minimum Gasteiger partial charge on any atom is -0.476 e. The van der Waals surface area contributed by atoms with Crippen LogP contribution in [0.3, 0.4) is 0 Å². The summed E-state index contributed by atoms with van der Waals surface area (Å²) in [5, 5.41) is 16.8. The SMILES string of the molecule is CC(C)(C)c1c(C(=O)O)nnn1Cc1cc(Br)ccc1F. The van der Waals surface area contributed by atoms with Gasteiger partial charge in [-0.2, -0.15) is 0 Å². The number of hydrogen-bond acceptors (Lipinski definition) is 3. The first-order valence-electron chi connectivity index (χ1n) is 6.31. The lowest BCUT2D eigenvalue weighted by Gasteiger charge is -2.20. The monoisotopic (exact) mass is 355 g/mol. The molecule has 2 rings (SSSR count). The van der Waals surface area contributed by atoms with Crippen molar-refractivity contribution in [3.05, 3.63) is 45.4 Å². The summed E-state index contributed by atoms with van der Waals surface area (Å²) in [4.78, 5) is 11.3. The number of aromatic nitrogens is 3. The first-order valence-corrected chi connectivity index (χ1v) is 7.10. The van der Waals surface area contributed by atoms with E-state index in [1.54, 1.807) is 12.1 Å². The molecule has 1 heterocycles. The molecule has 0 aliphatic rings. The van der Waals surface area contributed by atoms with Crippen molar-refractivity contribution in [2.24, 2.45) is 0 Å². The fourth-order valence-corrected chi connectivity index (χ4v) is 2.54. The van der Waals surface area contributed by atoms with Crippen LogP contribution in [0.1, 0.15) is 42.5 Å². The number of benzene rings is 1. The molecule has 21 heavy (non-hydrogen) atoms. The molecule has 7 heteroatoms. The lowest BCUT2D eigenvalue weighted by molar-refractivity contribution is 0.0687. The molecule has 112 valence electrons. The van der Waals surface area contributed by atoms with E-state index in [9.17, 15) is 14.3 Å². The highest BCUT2D eigenvalue weighted by Crippen LogP contribution is 2.26. The van der Waals surface area contributed by atoms with Crippen molar-refractivity contribution in [2.45, 2.75) is 32.7 Å². The maximum absolute atomic E-state index is 13.9. The fourth-order valence-electron chi connectivity index (χ4n) is 2.14. The molecule has 0 unspecified atom stereocenters. The lowest BCUT2D eigenvalue weighted by atomic mass is 9.90. The quantitative estimate of drug-likeness (QED) is 0.917. The van der Waals surface area contributed by atoms with E-state index in [1.165, 1.54) is 10.7 Å². The first kappa shape index (κ1) is 15.6. The van der Waals surface area contributed by atoms with Gasteiger partial charge >= 0.3 is 5.97 Å². The van der Waals surface area contributed by atoms with E-state index in [0.717, 1.165) is 4.47 Å². The van der Waals surface area contributed by atoms with Crippen molar-refractivity contribution in [1.82, 2.24) is 15.0 Å². The summed E-state index contributed by atoms with van der Waals surface area (Å²) in [5.41, 5.74) is 0.309. The zero-order chi connectivity index (χ0) is 15.8. The van der Waals surface area contributed by atoms with E-state index in [0.29, 0.717) is 11.3 Å². The molecule has 0 saturated heterocycles. The summed E-state index contributed by atoms with van der Waals surface area (Å²) in [5.74, 6) is -1.51. The molecule has 0 radical (unpaired) electrons. The number of nitrogens with zero attached hydrogens (tertiary/aromatic N) is 3. The van der Waals surface area contributed by atoms with Crippen LogP contribution in [0, 0.1) is 5.82 Å². The van der Waals surface area contributed by atoms with Crippen LogP contribution in [0.25, 0.3) is 0 Å². The van der Waals surface area contributed by atoms with Crippen LogP contribution in [0.4, 0.5) is 4.39 Å². The molecule has 1 aromatic carbocycles. The third kappa shape index (κ3) is 3.29. The molecule has 0 spiro atoms. The number of carboxylic acids is 1. The van der Waals surface area contributed by atoms with Crippen LogP contribution in [-0.4, -0.2) is 26.1 Å². The number of aromatic carboxylic acids is 1. The minimum atomic E-state index is -1.14. The van der Waals surface area contributed by atoms with Crippen LogP contribution in [0.2, 0.25) is 0 Å². The Balaban J connectivity index is 2.50. The summed E-state index contributed by atoms with van der Waals surface area (Å²) < 4.78 is 16.0. The average molecular weight is 356 g/mol. The number of carbonyl (C=O) groups is 1. The zero-order valence-corrected chi connectivity index (χ0v) is 13.5. The predicted octanol–water partition coefficient (Wildman–Crippen LogP) is 3.22. The van der Waals surface area contributed by atoms with Gasteiger partial charge in [0.25, 0.3) is 0 Å². The minimum absolute atomic E-state index is 0.0992. The Kier molecular flexibility index (Phi) is 4.13. The molecule has 1 aromatic heterocycles. The smallest absolute Gasteiger partial charge is 0.358 e. The van der Waals surface area contributed by atoms with Gasteiger partial charge in [-0.25, -0.2) is 13.9 Å². The topological polar surface area (TPSA) is 68.0 Å². The molecular formula is C14H15BrFN3O2. The molecule has 1 N–H and O–H groups in total. The third-order valence-electron chi connectivity index (χ3n) is 2.98. The summed E-state index contributed by atoms with van der Waals surface area (Å²) in [6, 6.07) is 4.60. The Morgan fingerprint density at radius 1 is 1.43 bits per heavy atom. The molecular weight excluding hydrogens is 341 g/mol. The fraction of sp³-hybridized carbons (Fsp3) is 0.357. The maximum Gasteiger partial charge on any atom is 0.358 e. The molecule has 0 fully saturated rings. The van der Waals surface area contributed by atoms with Gasteiger partial charge in [-0.05, 0) is 18.2 Å². The highest BCUT2D eigenvalue weighted by Gasteiger charge is 2.29. The highest BCUT2D eigenvalue weighted by molar-refractivity contribution is 9.10. The van der Waals surface area contributed by atoms with Gasteiger partial charge < -0.3 is 5.11 Å². The number of hydrogen-bond donors (Lipinski definition) is 1. The Morgan fingerprint density at radius 2 is 2.10 bits per heavy atom. The van der Waals surface area contributed by atoms with Crippen LogP contribution < -0.4 is 0 Å². The van der Waals surface area contributed by atoms with Crippen LogP contribution in [0.5, 0.6) is 0 Å². The zero-order valence-electron chi connectivity index (χ0n) is 11.9. The first-order chi connectivity index (χ1) is 9.70. The van der Waals surface area contributed by atoms with E-state index >= 15 is 0 Å². The Labute approximate surface area is 129 Å². The maximum atomic E-state index is 13.9. The predicted molar refractivity (Wildman–Crippen MR) is 78.9 cm³/mol. The molecule has 0 aliphatic heterocycles. The Hall–Kier alpha value is -1.76. The van der Waals surface area contributed by atoms with Crippen molar-refractivity contribution in [2.75, 3.05) is 0 Å². The van der Waals surface area contributed by atoms with Gasteiger partial charge in [0.2, 0.25) is 0 Å². The van der Waals surface area contributed by atoms with Gasteiger partial charge in [-0.15, -0.1) is 5.10 Å². The molecule has 0 saturated carbocycles. The van der Waals surface area contributed by atoms with Crippen molar-refractivity contribution >= 4 is 21.9 Å². The summed E-state index contributed by atoms with van der Waals surface area (Å²) >= 11 is 3.29. The normalized spacial score (nSPS) is 11.7. The summed E-state index contributed by atoms with van der Waals surface area (Å²) in [6.45, 7) is 5.72. The average Bonchev–Trinajstić information content (AvgIpc) is 2.77. The molecule has 5 nitrogen and oxygen atoms in total. The second-order valence-electron chi connectivity index (χ2n) is 5.74. The van der Waals surface area contributed by atoms with E-state index in [1.807, 2.05) is 20.8 Å². The van der Waals surface area contributed by atoms with Gasteiger partial charge in [0.05, 0.1) is 12.2 Å². The number of rotatable bonds is 3. The second-order valence-corrected chi connectivity index (χ2v) is 6.65. The van der Waals surface area contributed by atoms with Gasteiger partial charge in [0.1, 0.15) is 5.82 Å². The summed E-state index contributed by atoms with van der Waals surface area (Å²) in [6.07, 6.45) is 0. The van der Waals surface area contributed by atoms with Crippen molar-refractivity contribution in [3.63, 3.8) is 0 Å². The van der Waals surface area contributed by atoms with Gasteiger partial charge in [-0.1, -0.05) is 41.9 Å².